The van der Waals surface area contributed by atoms with E-state index in [-0.39, 0.29) is 11.3 Å². The van der Waals surface area contributed by atoms with Crippen LogP contribution in [0.15, 0.2) is 42.6 Å². The van der Waals surface area contributed by atoms with Crippen LogP contribution in [-0.4, -0.2) is 48.4 Å². The van der Waals surface area contributed by atoms with Gasteiger partial charge in [0.1, 0.15) is 18.8 Å². The van der Waals surface area contributed by atoms with Crippen LogP contribution in [0.4, 0.5) is 26.3 Å². The monoisotopic (exact) mass is 435 g/mol. The summed E-state index contributed by atoms with van der Waals surface area (Å²) in [6.07, 6.45) is -8.17. The molecule has 11 heteroatoms. The molecule has 0 saturated carbocycles. The van der Waals surface area contributed by atoms with Crippen LogP contribution in [0.3, 0.4) is 0 Å². The predicted octanol–water partition coefficient (Wildman–Crippen LogP) is 3.32. The van der Waals surface area contributed by atoms with E-state index in [1.807, 2.05) is 0 Å². The maximum Gasteiger partial charge on any atom is 0.409 e. The van der Waals surface area contributed by atoms with Crippen LogP contribution in [0.5, 0.6) is 0 Å². The molecule has 5 nitrogen and oxygen atoms in total. The van der Waals surface area contributed by atoms with E-state index >= 15 is 0 Å². The Labute approximate surface area is 168 Å². The number of benzene rings is 1. The molecule has 0 aliphatic heterocycles. The van der Waals surface area contributed by atoms with E-state index in [9.17, 15) is 36.2 Å². The van der Waals surface area contributed by atoms with Crippen molar-refractivity contribution in [1.29, 1.82) is 0 Å². The molecule has 3 N–H and O–H groups in total. The second-order valence-electron chi connectivity index (χ2n) is 6.37. The number of hydrogen-bond acceptors (Lipinski definition) is 4. The first-order chi connectivity index (χ1) is 14.1. The number of pyridine rings is 1. The van der Waals surface area contributed by atoms with Crippen molar-refractivity contribution in [2.24, 2.45) is 0 Å². The Kier molecular flexibility index (Phi) is 7.79. The van der Waals surface area contributed by atoms with Crippen molar-refractivity contribution in [2.45, 2.75) is 30.8 Å². The fourth-order valence-electron chi connectivity index (χ4n) is 2.78. The summed E-state index contributed by atoms with van der Waals surface area (Å²) in [7, 11) is 1.17. The molecular formula is C19H19F6N3O2. The smallest absolute Gasteiger partial charge is 0.386 e. The summed E-state index contributed by atoms with van der Waals surface area (Å²) >= 11 is 0. The van der Waals surface area contributed by atoms with Crippen molar-refractivity contribution in [3.63, 3.8) is 0 Å². The molecule has 1 heterocycles. The summed E-state index contributed by atoms with van der Waals surface area (Å²) in [5, 5.41) is 14.0. The molecule has 1 aromatic heterocycles. The second-order valence-corrected chi connectivity index (χ2v) is 6.37. The van der Waals surface area contributed by atoms with E-state index < -0.39 is 43.4 Å². The summed E-state index contributed by atoms with van der Waals surface area (Å²) < 4.78 is 76.5. The van der Waals surface area contributed by atoms with E-state index in [0.717, 1.165) is 0 Å². The average Bonchev–Trinajstić information content (AvgIpc) is 2.71. The van der Waals surface area contributed by atoms with Gasteiger partial charge in [-0.1, -0.05) is 30.3 Å². The lowest BCUT2D eigenvalue weighted by molar-refractivity contribution is -0.157. The summed E-state index contributed by atoms with van der Waals surface area (Å²) in [5.41, 5.74) is 0.991. The molecule has 0 saturated heterocycles. The molecule has 164 valence electrons. The fraction of sp³-hybridized carbons (Fsp3) is 0.368. The van der Waals surface area contributed by atoms with Gasteiger partial charge < -0.3 is 15.7 Å². The first kappa shape index (κ1) is 23.6. The number of amides is 1. The van der Waals surface area contributed by atoms with Crippen molar-refractivity contribution in [2.75, 3.05) is 13.7 Å². The largest absolute Gasteiger partial charge is 0.409 e. The lowest BCUT2D eigenvalue weighted by atomic mass is 9.99. The fourth-order valence-corrected chi connectivity index (χ4v) is 2.78. The normalized spacial score (nSPS) is 15.0. The molecule has 3 atom stereocenters. The van der Waals surface area contributed by atoms with Crippen LogP contribution in [0, 0.1) is 0 Å². The summed E-state index contributed by atoms with van der Waals surface area (Å²) in [6.45, 7) is -1.27. The lowest BCUT2D eigenvalue weighted by Crippen LogP contribution is -2.43. The molecule has 2 aromatic rings. The maximum atomic E-state index is 13.1. The minimum Gasteiger partial charge on any atom is -0.386 e. The van der Waals surface area contributed by atoms with Crippen LogP contribution in [-0.2, 0) is 4.79 Å². The Hall–Kier alpha value is -2.66. The van der Waals surface area contributed by atoms with Crippen molar-refractivity contribution in [1.82, 2.24) is 15.6 Å². The number of hydrogen-bond donors (Lipinski definition) is 3. The first-order valence-corrected chi connectivity index (χ1v) is 8.71. The number of aromatic nitrogens is 1. The number of alkyl halides is 6. The maximum absolute atomic E-state index is 13.1. The van der Waals surface area contributed by atoms with Gasteiger partial charge in [0.25, 0.3) is 5.91 Å². The molecule has 1 aromatic carbocycles. The van der Waals surface area contributed by atoms with Crippen LogP contribution in [0.25, 0.3) is 11.1 Å². The highest BCUT2D eigenvalue weighted by molar-refractivity contribution is 5.79. The van der Waals surface area contributed by atoms with Crippen molar-refractivity contribution < 1.29 is 36.2 Å². The van der Waals surface area contributed by atoms with Crippen molar-refractivity contribution >= 4 is 5.91 Å². The third-order valence-electron chi connectivity index (χ3n) is 4.36. The molecule has 0 aliphatic carbocycles. The number of aliphatic hydroxyl groups excluding tert-OH is 1. The number of carbonyl (C=O) groups excluding carboxylic acids is 1. The van der Waals surface area contributed by atoms with E-state index in [0.29, 0.717) is 11.1 Å². The summed E-state index contributed by atoms with van der Waals surface area (Å²) in [4.78, 5) is 14.9. The quantitative estimate of drug-likeness (QED) is 0.557. The molecule has 1 amide bonds. The Morgan fingerprint density at radius 3 is 2.13 bits per heavy atom. The second kappa shape index (κ2) is 9.90. The zero-order valence-electron chi connectivity index (χ0n) is 15.6. The highest BCUT2D eigenvalue weighted by atomic mass is 19.4. The van der Waals surface area contributed by atoms with E-state index in [1.165, 1.54) is 49.6 Å². The SMILES string of the molecule is CNC(c1ccc(-c2ccc([C@H](O)[C@@H](CF)NC(=O)C(F)F)cc2)cn1)C(F)(F)F. The van der Waals surface area contributed by atoms with Gasteiger partial charge in [-0.3, -0.25) is 9.78 Å². The van der Waals surface area contributed by atoms with Crippen LogP contribution >= 0.6 is 0 Å². The van der Waals surface area contributed by atoms with Crippen LogP contribution < -0.4 is 10.6 Å². The average molecular weight is 435 g/mol. The highest BCUT2D eigenvalue weighted by Crippen LogP contribution is 2.32. The highest BCUT2D eigenvalue weighted by Gasteiger charge is 2.40. The molecule has 0 bridgehead atoms. The van der Waals surface area contributed by atoms with Crippen LogP contribution in [0.2, 0.25) is 0 Å². The summed E-state index contributed by atoms with van der Waals surface area (Å²) in [5.74, 6) is -1.70. The van der Waals surface area contributed by atoms with Crippen LogP contribution in [0.1, 0.15) is 23.4 Å². The van der Waals surface area contributed by atoms with E-state index in [2.05, 4.69) is 10.3 Å². The number of rotatable bonds is 8. The van der Waals surface area contributed by atoms with Gasteiger partial charge in [-0.25, -0.2) is 4.39 Å². The minimum atomic E-state index is -4.51. The Balaban J connectivity index is 2.16. The minimum absolute atomic E-state index is 0.160. The van der Waals surface area contributed by atoms with Gasteiger partial charge in [0.15, 0.2) is 0 Å². The zero-order valence-corrected chi connectivity index (χ0v) is 15.6. The Morgan fingerprint density at radius 1 is 1.10 bits per heavy atom. The topological polar surface area (TPSA) is 74.2 Å². The lowest BCUT2D eigenvalue weighted by Gasteiger charge is -2.22. The number of aliphatic hydroxyl groups is 1. The van der Waals surface area contributed by atoms with E-state index in [4.69, 9.17) is 0 Å². The van der Waals surface area contributed by atoms with Crippen molar-refractivity contribution in [3.05, 3.63) is 53.9 Å². The standard InChI is InChI=1S/C19H19F6N3O2/c1-26-16(19(23,24)25)13-7-6-12(9-27-13)10-2-4-11(5-3-10)15(29)14(8-20)28-18(30)17(21)22/h2-7,9,14-17,26,29H,8H2,1H3,(H,28,30)/t14-,15+,16?/m1/s1. The van der Waals surface area contributed by atoms with Gasteiger partial charge in [-0.2, -0.15) is 22.0 Å². The number of nitrogens with zero attached hydrogens (tertiary/aromatic N) is 1. The van der Waals surface area contributed by atoms with Gasteiger partial charge in [0.2, 0.25) is 0 Å². The van der Waals surface area contributed by atoms with Gasteiger partial charge in [0, 0.05) is 11.8 Å². The molecule has 0 aliphatic rings. The third-order valence-corrected chi connectivity index (χ3v) is 4.36. The predicted molar refractivity (Wildman–Crippen MR) is 96.4 cm³/mol. The van der Waals surface area contributed by atoms with Crippen molar-refractivity contribution in [3.8, 4) is 11.1 Å². The molecule has 1 unspecified atom stereocenters. The summed E-state index contributed by atoms with van der Waals surface area (Å²) in [6, 6.07) is 4.97. The van der Waals surface area contributed by atoms with Gasteiger partial charge in [-0.15, -0.1) is 0 Å². The molecule has 0 spiro atoms. The molecular weight excluding hydrogens is 416 g/mol. The Bertz CT molecular complexity index is 828. The molecule has 30 heavy (non-hydrogen) atoms. The molecule has 0 radical (unpaired) electrons. The number of carbonyl (C=O) groups is 1. The number of halogens is 6. The Morgan fingerprint density at radius 2 is 1.70 bits per heavy atom. The molecule has 0 fully saturated rings. The third kappa shape index (κ3) is 5.70. The van der Waals surface area contributed by atoms with Gasteiger partial charge in [0.05, 0.1) is 11.7 Å². The van der Waals surface area contributed by atoms with E-state index in [1.54, 1.807) is 5.32 Å². The molecule has 2 rings (SSSR count). The first-order valence-electron chi connectivity index (χ1n) is 8.71. The van der Waals surface area contributed by atoms with Gasteiger partial charge in [-0.05, 0) is 24.2 Å². The van der Waals surface area contributed by atoms with Gasteiger partial charge >= 0.3 is 12.6 Å². The zero-order chi connectivity index (χ0) is 22.5. The number of nitrogens with one attached hydrogen (secondary N) is 2.